The average molecular weight is 277 g/mol. The molecule has 1 saturated carbocycles. The quantitative estimate of drug-likeness (QED) is 0.836. The lowest BCUT2D eigenvalue weighted by molar-refractivity contribution is 0.100. The lowest BCUT2D eigenvalue weighted by Gasteiger charge is -2.32. The Bertz CT molecular complexity index is 445. The minimum Gasteiger partial charge on any atom is -0.491 e. The van der Waals surface area contributed by atoms with Gasteiger partial charge in [0.1, 0.15) is 11.5 Å². The third-order valence-electron chi connectivity index (χ3n) is 4.13. The Balaban J connectivity index is 2.03. The molecule has 112 valence electrons. The van der Waals surface area contributed by atoms with Crippen molar-refractivity contribution in [1.82, 2.24) is 0 Å². The Labute approximate surface area is 122 Å². The molecule has 20 heavy (non-hydrogen) atoms. The SMILES string of the molecule is CC(C)Oc1cc(N)cc(OC2CCC(C)C(C)C2)c1. The lowest BCUT2D eigenvalue weighted by Crippen LogP contribution is -2.28. The Morgan fingerprint density at radius 1 is 1.05 bits per heavy atom. The van der Waals surface area contributed by atoms with Gasteiger partial charge in [0.2, 0.25) is 0 Å². The summed E-state index contributed by atoms with van der Waals surface area (Å²) >= 11 is 0. The maximum atomic E-state index is 6.12. The van der Waals surface area contributed by atoms with Gasteiger partial charge >= 0.3 is 0 Å². The second-order valence-electron chi connectivity index (χ2n) is 6.41. The number of rotatable bonds is 4. The molecule has 3 unspecified atom stereocenters. The van der Waals surface area contributed by atoms with Crippen LogP contribution in [0.2, 0.25) is 0 Å². The topological polar surface area (TPSA) is 44.5 Å². The second kappa shape index (κ2) is 6.38. The van der Waals surface area contributed by atoms with Gasteiger partial charge in [-0.2, -0.15) is 0 Å². The van der Waals surface area contributed by atoms with Crippen LogP contribution in [-0.4, -0.2) is 12.2 Å². The van der Waals surface area contributed by atoms with Gasteiger partial charge in [-0.05, 0) is 44.9 Å². The molecule has 2 rings (SSSR count). The minimum absolute atomic E-state index is 0.139. The summed E-state index contributed by atoms with van der Waals surface area (Å²) in [6.45, 7) is 8.66. The number of hydrogen-bond donors (Lipinski definition) is 1. The van der Waals surface area contributed by atoms with Gasteiger partial charge < -0.3 is 15.2 Å². The van der Waals surface area contributed by atoms with Crippen LogP contribution >= 0.6 is 0 Å². The summed E-state index contributed by atoms with van der Waals surface area (Å²) in [6, 6.07) is 5.67. The summed E-state index contributed by atoms with van der Waals surface area (Å²) in [5, 5.41) is 0. The first-order chi connectivity index (χ1) is 9.44. The van der Waals surface area contributed by atoms with Crippen molar-refractivity contribution in [2.75, 3.05) is 5.73 Å². The Hall–Kier alpha value is -1.38. The van der Waals surface area contributed by atoms with Gasteiger partial charge in [-0.3, -0.25) is 0 Å². The largest absolute Gasteiger partial charge is 0.491 e. The van der Waals surface area contributed by atoms with E-state index in [-0.39, 0.29) is 6.10 Å². The zero-order valence-electron chi connectivity index (χ0n) is 13.1. The van der Waals surface area contributed by atoms with E-state index in [4.69, 9.17) is 15.2 Å². The van der Waals surface area contributed by atoms with Crippen LogP contribution in [0.25, 0.3) is 0 Å². The predicted octanol–water partition coefficient (Wildman–Crippen LogP) is 4.26. The average Bonchev–Trinajstić information content (AvgIpc) is 2.32. The van der Waals surface area contributed by atoms with Crippen molar-refractivity contribution in [3.05, 3.63) is 18.2 Å². The van der Waals surface area contributed by atoms with Crippen molar-refractivity contribution in [2.45, 2.75) is 59.2 Å². The van der Waals surface area contributed by atoms with E-state index in [2.05, 4.69) is 13.8 Å². The van der Waals surface area contributed by atoms with Crippen LogP contribution < -0.4 is 15.2 Å². The standard InChI is InChI=1S/C17H27NO2/c1-11(2)19-16-8-14(18)9-17(10-16)20-15-6-5-12(3)13(4)7-15/h8-13,15H,5-7,18H2,1-4H3. The van der Waals surface area contributed by atoms with Crippen molar-refractivity contribution in [3.63, 3.8) is 0 Å². The van der Waals surface area contributed by atoms with E-state index in [1.807, 2.05) is 32.0 Å². The number of hydrogen-bond acceptors (Lipinski definition) is 3. The van der Waals surface area contributed by atoms with E-state index >= 15 is 0 Å². The molecule has 0 heterocycles. The lowest BCUT2D eigenvalue weighted by atomic mass is 9.80. The molecule has 0 radical (unpaired) electrons. The first kappa shape index (κ1) is 15.0. The van der Waals surface area contributed by atoms with Gasteiger partial charge in [-0.15, -0.1) is 0 Å². The fraction of sp³-hybridized carbons (Fsp3) is 0.647. The van der Waals surface area contributed by atoms with Crippen LogP contribution in [0.1, 0.15) is 47.0 Å². The number of ether oxygens (including phenoxy) is 2. The molecule has 1 aromatic carbocycles. The fourth-order valence-electron chi connectivity index (χ4n) is 2.80. The zero-order chi connectivity index (χ0) is 14.7. The van der Waals surface area contributed by atoms with E-state index in [0.29, 0.717) is 11.8 Å². The number of anilines is 1. The molecule has 0 saturated heterocycles. The second-order valence-corrected chi connectivity index (χ2v) is 6.41. The third-order valence-corrected chi connectivity index (χ3v) is 4.13. The van der Waals surface area contributed by atoms with E-state index in [1.165, 1.54) is 6.42 Å². The highest BCUT2D eigenvalue weighted by molar-refractivity contribution is 5.50. The molecule has 0 bridgehead atoms. The zero-order valence-corrected chi connectivity index (χ0v) is 13.1. The molecule has 0 aliphatic heterocycles. The van der Waals surface area contributed by atoms with Crippen LogP contribution in [-0.2, 0) is 0 Å². The van der Waals surface area contributed by atoms with Gasteiger partial charge in [0.05, 0.1) is 12.2 Å². The highest BCUT2D eigenvalue weighted by Gasteiger charge is 2.25. The van der Waals surface area contributed by atoms with Crippen LogP contribution in [0.5, 0.6) is 11.5 Å². The number of nitrogen functional groups attached to an aromatic ring is 1. The van der Waals surface area contributed by atoms with Crippen molar-refractivity contribution in [3.8, 4) is 11.5 Å². The first-order valence-electron chi connectivity index (χ1n) is 7.68. The molecule has 1 aromatic rings. The molecular formula is C17H27NO2. The molecule has 3 heteroatoms. The van der Waals surface area contributed by atoms with Gasteiger partial charge in [0.15, 0.2) is 0 Å². The molecule has 0 spiro atoms. The summed E-state index contributed by atoms with van der Waals surface area (Å²) in [5.74, 6) is 3.14. The molecule has 3 atom stereocenters. The molecule has 0 amide bonds. The summed E-state index contributed by atoms with van der Waals surface area (Å²) < 4.78 is 11.8. The summed E-state index contributed by atoms with van der Waals surface area (Å²) in [7, 11) is 0. The highest BCUT2D eigenvalue weighted by atomic mass is 16.5. The van der Waals surface area contributed by atoms with Crippen molar-refractivity contribution in [2.24, 2.45) is 11.8 Å². The van der Waals surface area contributed by atoms with Crippen LogP contribution in [0.4, 0.5) is 5.69 Å². The third kappa shape index (κ3) is 4.06. The summed E-state index contributed by atoms with van der Waals surface area (Å²) in [5.41, 5.74) is 6.62. The van der Waals surface area contributed by atoms with Crippen LogP contribution in [0.15, 0.2) is 18.2 Å². The molecule has 1 aliphatic carbocycles. The van der Waals surface area contributed by atoms with E-state index in [0.717, 1.165) is 36.2 Å². The van der Waals surface area contributed by atoms with Crippen LogP contribution in [0, 0.1) is 11.8 Å². The van der Waals surface area contributed by atoms with Gasteiger partial charge in [0, 0.05) is 23.9 Å². The number of benzene rings is 1. The van der Waals surface area contributed by atoms with E-state index in [1.54, 1.807) is 0 Å². The van der Waals surface area contributed by atoms with Crippen molar-refractivity contribution < 1.29 is 9.47 Å². The molecule has 2 N–H and O–H groups in total. The number of nitrogens with two attached hydrogens (primary N) is 1. The fourth-order valence-corrected chi connectivity index (χ4v) is 2.80. The molecule has 1 fully saturated rings. The maximum absolute atomic E-state index is 6.12. The van der Waals surface area contributed by atoms with Gasteiger partial charge in [-0.25, -0.2) is 0 Å². The van der Waals surface area contributed by atoms with E-state index in [9.17, 15) is 0 Å². The first-order valence-corrected chi connectivity index (χ1v) is 7.68. The molecule has 1 aliphatic rings. The normalized spacial score (nSPS) is 26.6. The highest BCUT2D eigenvalue weighted by Crippen LogP contribution is 2.33. The maximum Gasteiger partial charge on any atom is 0.125 e. The summed E-state index contributed by atoms with van der Waals surface area (Å²) in [6.07, 6.45) is 3.93. The van der Waals surface area contributed by atoms with Gasteiger partial charge in [-0.1, -0.05) is 13.8 Å². The Morgan fingerprint density at radius 3 is 2.40 bits per heavy atom. The molecule has 0 aromatic heterocycles. The summed E-state index contributed by atoms with van der Waals surface area (Å²) in [4.78, 5) is 0. The monoisotopic (exact) mass is 277 g/mol. The smallest absolute Gasteiger partial charge is 0.125 e. The van der Waals surface area contributed by atoms with Gasteiger partial charge in [0.25, 0.3) is 0 Å². The van der Waals surface area contributed by atoms with E-state index < -0.39 is 0 Å². The Morgan fingerprint density at radius 2 is 1.75 bits per heavy atom. The van der Waals surface area contributed by atoms with Crippen molar-refractivity contribution >= 4 is 5.69 Å². The Kier molecular flexibility index (Phi) is 4.79. The van der Waals surface area contributed by atoms with Crippen LogP contribution in [0.3, 0.4) is 0 Å². The van der Waals surface area contributed by atoms with Crippen molar-refractivity contribution in [1.29, 1.82) is 0 Å². The molecular weight excluding hydrogens is 250 g/mol. The molecule has 3 nitrogen and oxygen atoms in total. The predicted molar refractivity (Wildman–Crippen MR) is 83.2 cm³/mol. The minimum atomic E-state index is 0.139.